The van der Waals surface area contributed by atoms with Gasteiger partial charge in [0.15, 0.2) is 5.65 Å². The molecule has 0 spiro atoms. The van der Waals surface area contributed by atoms with E-state index in [4.69, 9.17) is 21.3 Å². The van der Waals surface area contributed by atoms with E-state index in [0.717, 1.165) is 38.5 Å². The summed E-state index contributed by atoms with van der Waals surface area (Å²) in [5.41, 5.74) is 12.2. The second-order valence-corrected chi connectivity index (χ2v) is 12.0. The van der Waals surface area contributed by atoms with Crippen LogP contribution in [-0.4, -0.2) is 48.7 Å². The Morgan fingerprint density at radius 3 is 2.72 bits per heavy atom. The Kier molecular flexibility index (Phi) is 7.48. The first-order valence-corrected chi connectivity index (χ1v) is 14.7. The molecule has 4 N–H and O–H groups in total. The quantitative estimate of drug-likeness (QED) is 0.259. The normalized spacial score (nSPS) is 18.7. The van der Waals surface area contributed by atoms with Gasteiger partial charge in [-0.3, -0.25) is 4.79 Å². The third-order valence-corrected chi connectivity index (χ3v) is 8.72. The number of hydrogen-bond donors (Lipinski definition) is 2. The van der Waals surface area contributed by atoms with E-state index in [9.17, 15) is 10.1 Å². The third-order valence-electron chi connectivity index (χ3n) is 8.72. The number of likely N-dealkylation sites (tertiary alicyclic amines) is 1. The molecule has 1 amide bonds. The first-order chi connectivity index (χ1) is 20.7. The molecule has 11 heteroatoms. The van der Waals surface area contributed by atoms with Crippen molar-refractivity contribution in [2.24, 2.45) is 11.1 Å². The highest BCUT2D eigenvalue weighted by atomic mass is 19.1. The number of nitrogen functional groups attached to an aromatic ring is 1. The van der Waals surface area contributed by atoms with Crippen LogP contribution in [0.1, 0.15) is 51.9 Å². The Bertz CT molecular complexity index is 1700. The maximum Gasteiger partial charge on any atom is 0.243 e. The lowest BCUT2D eigenvalue weighted by molar-refractivity contribution is -0.139. The summed E-state index contributed by atoms with van der Waals surface area (Å²) in [6.07, 6.45) is 6.92. The summed E-state index contributed by atoms with van der Waals surface area (Å²) in [5.74, 6) is 0.414. The molecule has 6 rings (SSSR count). The first kappa shape index (κ1) is 28.6. The number of amides is 1. The first-order valence-electron chi connectivity index (χ1n) is 14.7. The monoisotopic (exact) mass is 582 g/mol. The number of nitrogens with two attached hydrogens (primary N) is 2. The van der Waals surface area contributed by atoms with Gasteiger partial charge in [0.05, 0.1) is 24.0 Å². The topological polar surface area (TPSA) is 149 Å². The highest BCUT2D eigenvalue weighted by Gasteiger charge is 2.43. The maximum atomic E-state index is 15.5. The molecule has 2 atom stereocenters. The van der Waals surface area contributed by atoms with Crippen molar-refractivity contribution in [3.05, 3.63) is 60.7 Å². The number of anilines is 1. The molecule has 222 valence electrons. The fraction of sp³-hybridized carbons (Fsp3) is 0.406. The van der Waals surface area contributed by atoms with Crippen LogP contribution in [0, 0.1) is 22.6 Å². The number of carbonyl (C=O) groups is 1. The van der Waals surface area contributed by atoms with Crippen molar-refractivity contribution in [2.75, 3.05) is 12.3 Å². The molecule has 1 saturated carbocycles. The number of ether oxygens (including phenoxy) is 1. The van der Waals surface area contributed by atoms with Gasteiger partial charge in [0, 0.05) is 23.7 Å². The Morgan fingerprint density at radius 2 is 2.00 bits per heavy atom. The summed E-state index contributed by atoms with van der Waals surface area (Å²) in [6.45, 7) is 2.61. The summed E-state index contributed by atoms with van der Waals surface area (Å²) >= 11 is 0. The van der Waals surface area contributed by atoms with Crippen molar-refractivity contribution < 1.29 is 13.9 Å². The lowest BCUT2D eigenvalue weighted by atomic mass is 9.84. The smallest absolute Gasteiger partial charge is 0.243 e. The summed E-state index contributed by atoms with van der Waals surface area (Å²) in [6, 6.07) is 15.8. The number of halogens is 1. The van der Waals surface area contributed by atoms with Gasteiger partial charge >= 0.3 is 0 Å². The molecule has 3 heterocycles. The number of para-hydroxylation sites is 1. The van der Waals surface area contributed by atoms with Crippen LogP contribution in [0.25, 0.3) is 22.3 Å². The van der Waals surface area contributed by atoms with Crippen LogP contribution >= 0.6 is 0 Å². The van der Waals surface area contributed by atoms with E-state index in [1.807, 2.05) is 18.2 Å². The molecule has 1 unspecified atom stereocenters. The van der Waals surface area contributed by atoms with Gasteiger partial charge in [-0.05, 0) is 76.1 Å². The maximum absolute atomic E-state index is 15.5. The number of fused-ring (bicyclic) bond motifs is 1. The molecule has 10 nitrogen and oxygen atoms in total. The van der Waals surface area contributed by atoms with Crippen LogP contribution < -0.4 is 16.2 Å². The Labute approximate surface area is 249 Å². The molecular formula is C32H35FN8O2. The standard InChI is InChI=1S/C32H35FN8O2/c1-31(19-34,12-6-13-32(36)14-15-32)30(42)40-16-5-7-21(40)18-41-29-26(28(35)37-20-38-29)27(39-41)24-11-10-23(17-25(24)33)43-22-8-3-2-4-9-22/h2-4,8-11,17,20-21H,5-7,12-16,18,36H2,1H3,(H2,35,37,38)/t21-,31?/m1/s1. The number of carbonyl (C=O) groups excluding carboxylic acids is 1. The average Bonchev–Trinajstić information content (AvgIpc) is 3.38. The van der Waals surface area contributed by atoms with Crippen LogP contribution in [-0.2, 0) is 11.3 Å². The Morgan fingerprint density at radius 1 is 1.21 bits per heavy atom. The molecule has 0 bridgehead atoms. The summed E-state index contributed by atoms with van der Waals surface area (Å²) in [7, 11) is 0. The SMILES string of the molecule is CC(C#N)(CCCC1(N)CC1)C(=O)N1CCC[C@@H]1Cn1nc(-c2ccc(Oc3ccccc3)cc2F)c2c(N)ncnc21. The van der Waals surface area contributed by atoms with Gasteiger partial charge in [0.25, 0.3) is 0 Å². The fourth-order valence-corrected chi connectivity index (χ4v) is 5.95. The second kappa shape index (κ2) is 11.3. The van der Waals surface area contributed by atoms with E-state index in [2.05, 4.69) is 16.0 Å². The van der Waals surface area contributed by atoms with Crippen molar-refractivity contribution >= 4 is 22.8 Å². The average molecular weight is 583 g/mol. The molecule has 1 aliphatic carbocycles. The number of benzene rings is 2. The largest absolute Gasteiger partial charge is 0.457 e. The summed E-state index contributed by atoms with van der Waals surface area (Å²) in [4.78, 5) is 24.1. The van der Waals surface area contributed by atoms with Gasteiger partial charge in [-0.25, -0.2) is 19.0 Å². The molecule has 1 aliphatic heterocycles. The summed E-state index contributed by atoms with van der Waals surface area (Å²) < 4.78 is 23.0. The number of nitrogens with zero attached hydrogens (tertiary/aromatic N) is 6. The zero-order valence-electron chi connectivity index (χ0n) is 24.2. The molecule has 4 aromatic rings. The van der Waals surface area contributed by atoms with E-state index in [0.29, 0.717) is 47.7 Å². The van der Waals surface area contributed by atoms with E-state index >= 15 is 4.39 Å². The lowest BCUT2D eigenvalue weighted by Crippen LogP contribution is -2.46. The van der Waals surface area contributed by atoms with Crippen LogP contribution in [0.3, 0.4) is 0 Å². The molecule has 0 radical (unpaired) electrons. The molecule has 43 heavy (non-hydrogen) atoms. The van der Waals surface area contributed by atoms with Crippen LogP contribution in [0.4, 0.5) is 10.2 Å². The van der Waals surface area contributed by atoms with Crippen LogP contribution in [0.2, 0.25) is 0 Å². The van der Waals surface area contributed by atoms with Gasteiger partial charge in [0.1, 0.15) is 40.6 Å². The number of nitriles is 1. The minimum absolute atomic E-state index is 0.118. The number of rotatable bonds is 10. The van der Waals surface area contributed by atoms with E-state index in [1.165, 1.54) is 12.4 Å². The molecule has 2 aromatic heterocycles. The van der Waals surface area contributed by atoms with E-state index in [1.54, 1.807) is 40.8 Å². The molecule has 2 aromatic carbocycles. The van der Waals surface area contributed by atoms with E-state index < -0.39 is 11.2 Å². The van der Waals surface area contributed by atoms with Crippen LogP contribution in [0.5, 0.6) is 11.5 Å². The van der Waals surface area contributed by atoms with Gasteiger partial charge in [0.2, 0.25) is 5.91 Å². The lowest BCUT2D eigenvalue weighted by Gasteiger charge is -2.31. The van der Waals surface area contributed by atoms with Crippen molar-refractivity contribution in [2.45, 2.75) is 70.0 Å². The van der Waals surface area contributed by atoms with Gasteiger partial charge < -0.3 is 21.1 Å². The Hall–Kier alpha value is -4.56. The third kappa shape index (κ3) is 5.75. The van der Waals surface area contributed by atoms with Crippen LogP contribution in [0.15, 0.2) is 54.9 Å². The van der Waals surface area contributed by atoms with Crippen molar-refractivity contribution in [1.82, 2.24) is 24.6 Å². The van der Waals surface area contributed by atoms with Gasteiger partial charge in [-0.15, -0.1) is 0 Å². The van der Waals surface area contributed by atoms with Gasteiger partial charge in [-0.2, -0.15) is 10.4 Å². The minimum atomic E-state index is -1.13. The predicted octanol–water partition coefficient (Wildman–Crippen LogP) is 5.19. The zero-order chi connectivity index (χ0) is 30.2. The van der Waals surface area contributed by atoms with Gasteiger partial charge in [-0.1, -0.05) is 18.2 Å². The number of aromatic nitrogens is 4. The molecule has 2 fully saturated rings. The highest BCUT2D eigenvalue weighted by Crippen LogP contribution is 2.40. The molecular weight excluding hydrogens is 547 g/mol. The van der Waals surface area contributed by atoms with E-state index in [-0.39, 0.29) is 28.9 Å². The van der Waals surface area contributed by atoms with Crippen molar-refractivity contribution in [1.29, 1.82) is 5.26 Å². The van der Waals surface area contributed by atoms with Crippen molar-refractivity contribution in [3.8, 4) is 28.8 Å². The second-order valence-electron chi connectivity index (χ2n) is 12.0. The minimum Gasteiger partial charge on any atom is -0.457 e. The number of hydrogen-bond acceptors (Lipinski definition) is 8. The molecule has 2 aliphatic rings. The summed E-state index contributed by atoms with van der Waals surface area (Å²) in [5, 5.41) is 15.2. The fourth-order valence-electron chi connectivity index (χ4n) is 5.95. The Balaban J connectivity index is 1.26. The molecule has 1 saturated heterocycles. The zero-order valence-corrected chi connectivity index (χ0v) is 24.2. The van der Waals surface area contributed by atoms with Crippen molar-refractivity contribution in [3.63, 3.8) is 0 Å². The highest BCUT2D eigenvalue weighted by molar-refractivity contribution is 5.98. The predicted molar refractivity (Wildman–Crippen MR) is 160 cm³/mol.